The van der Waals surface area contributed by atoms with Crippen LogP contribution in [-0.2, 0) is 0 Å². The Morgan fingerprint density at radius 3 is 2.38 bits per heavy atom. The second kappa shape index (κ2) is 4.74. The first kappa shape index (κ1) is 7.59. The van der Waals surface area contributed by atoms with Gasteiger partial charge in [0, 0.05) is 11.1 Å². The largest absolute Gasteiger partial charge is 0.333 e. The van der Waals surface area contributed by atoms with Crippen molar-refractivity contribution in [1.82, 2.24) is 4.98 Å². The molecule has 0 amide bonds. The molecule has 1 rings (SSSR count). The Hall–Kier alpha value is -0.410. The number of hydrogen-bond donors (Lipinski definition) is 1. The molecular formula is C5H10N2S. The molecule has 0 unspecified atom stereocenters. The number of thiazole rings is 1. The summed E-state index contributed by atoms with van der Waals surface area (Å²) >= 11 is 1.63. The Morgan fingerprint density at radius 1 is 1.62 bits per heavy atom. The van der Waals surface area contributed by atoms with Gasteiger partial charge in [-0.05, 0) is 14.0 Å². The Morgan fingerprint density at radius 2 is 2.25 bits per heavy atom. The van der Waals surface area contributed by atoms with E-state index in [1.54, 1.807) is 11.3 Å². The summed E-state index contributed by atoms with van der Waals surface area (Å²) in [5.74, 6) is 0. The minimum atomic E-state index is 1.11. The van der Waals surface area contributed by atoms with Crippen LogP contribution in [0.3, 0.4) is 0 Å². The maximum absolute atomic E-state index is 4.50. The first-order valence-electron chi connectivity index (χ1n) is 2.32. The molecule has 0 saturated carbocycles. The number of hydrogen-bond acceptors (Lipinski definition) is 3. The van der Waals surface area contributed by atoms with Crippen molar-refractivity contribution in [3.05, 3.63) is 16.6 Å². The zero-order chi connectivity index (χ0) is 6.41. The number of aromatic nitrogens is 1. The van der Waals surface area contributed by atoms with Crippen LogP contribution in [0.15, 0.2) is 10.9 Å². The number of rotatable bonds is 0. The predicted molar refractivity (Wildman–Crippen MR) is 37.0 cm³/mol. The van der Waals surface area contributed by atoms with Crippen molar-refractivity contribution >= 4 is 11.3 Å². The zero-order valence-electron chi connectivity index (χ0n) is 5.09. The Bertz CT molecular complexity index is 114. The number of nitrogens with zero attached hydrogens (tertiary/aromatic N) is 1. The number of aryl methyl sites for hydroxylation is 1. The van der Waals surface area contributed by atoms with Crippen LogP contribution in [0.5, 0.6) is 0 Å². The molecule has 46 valence electrons. The van der Waals surface area contributed by atoms with Gasteiger partial charge in [-0.15, -0.1) is 11.3 Å². The van der Waals surface area contributed by atoms with Crippen molar-refractivity contribution in [2.45, 2.75) is 6.92 Å². The van der Waals surface area contributed by atoms with E-state index in [0.717, 1.165) is 5.69 Å². The Labute approximate surface area is 53.4 Å². The summed E-state index contributed by atoms with van der Waals surface area (Å²) in [6, 6.07) is 0. The van der Waals surface area contributed by atoms with E-state index >= 15 is 0 Å². The summed E-state index contributed by atoms with van der Waals surface area (Å²) in [4.78, 5) is 3.94. The normalized spacial score (nSPS) is 7.38. The summed E-state index contributed by atoms with van der Waals surface area (Å²) in [5.41, 5.74) is 7.44. The lowest BCUT2D eigenvalue weighted by atomic mass is 10.6. The van der Waals surface area contributed by atoms with Crippen LogP contribution in [0.1, 0.15) is 5.69 Å². The van der Waals surface area contributed by atoms with E-state index in [0.29, 0.717) is 0 Å². The van der Waals surface area contributed by atoms with Crippen LogP contribution >= 0.6 is 11.3 Å². The Kier molecular flexibility index (Phi) is 4.50. The molecule has 1 aromatic rings. The van der Waals surface area contributed by atoms with E-state index in [-0.39, 0.29) is 0 Å². The van der Waals surface area contributed by atoms with Crippen LogP contribution in [0, 0.1) is 6.92 Å². The van der Waals surface area contributed by atoms with Crippen LogP contribution in [-0.4, -0.2) is 12.0 Å². The number of nitrogens with two attached hydrogens (primary N) is 1. The Balaban J connectivity index is 0.000000222. The van der Waals surface area contributed by atoms with Gasteiger partial charge < -0.3 is 5.73 Å². The molecule has 2 nitrogen and oxygen atoms in total. The van der Waals surface area contributed by atoms with Gasteiger partial charge in [-0.3, -0.25) is 4.98 Å². The third-order valence-corrected chi connectivity index (χ3v) is 1.26. The van der Waals surface area contributed by atoms with E-state index in [2.05, 4.69) is 10.7 Å². The SMILES string of the molecule is CN.Cc1cscn1. The van der Waals surface area contributed by atoms with Crippen LogP contribution in [0.4, 0.5) is 0 Å². The average molecular weight is 130 g/mol. The fourth-order valence-corrected chi connectivity index (χ4v) is 0.819. The average Bonchev–Trinajstić information content (AvgIpc) is 2.24. The minimum absolute atomic E-state index is 1.11. The summed E-state index contributed by atoms with van der Waals surface area (Å²) in [5, 5.41) is 2.01. The third-order valence-electron chi connectivity index (χ3n) is 0.556. The topological polar surface area (TPSA) is 38.9 Å². The van der Waals surface area contributed by atoms with Crippen LogP contribution < -0.4 is 5.73 Å². The van der Waals surface area contributed by atoms with E-state index in [4.69, 9.17) is 0 Å². The fraction of sp³-hybridized carbons (Fsp3) is 0.400. The van der Waals surface area contributed by atoms with E-state index in [1.165, 1.54) is 7.05 Å². The molecule has 3 heteroatoms. The smallest absolute Gasteiger partial charge is 0.0794 e. The molecule has 1 aromatic heterocycles. The van der Waals surface area contributed by atoms with E-state index < -0.39 is 0 Å². The molecule has 0 aliphatic carbocycles. The van der Waals surface area contributed by atoms with Crippen LogP contribution in [0.2, 0.25) is 0 Å². The van der Waals surface area contributed by atoms with Crippen LogP contribution in [0.25, 0.3) is 0 Å². The predicted octanol–water partition coefficient (Wildman–Crippen LogP) is 1.03. The van der Waals surface area contributed by atoms with Gasteiger partial charge >= 0.3 is 0 Å². The van der Waals surface area contributed by atoms with Gasteiger partial charge in [-0.25, -0.2) is 0 Å². The van der Waals surface area contributed by atoms with Crippen molar-refractivity contribution in [1.29, 1.82) is 0 Å². The summed E-state index contributed by atoms with van der Waals surface area (Å²) < 4.78 is 0. The molecule has 0 fully saturated rings. The van der Waals surface area contributed by atoms with Gasteiger partial charge in [-0.1, -0.05) is 0 Å². The highest BCUT2D eigenvalue weighted by molar-refractivity contribution is 7.07. The fourth-order valence-electron chi connectivity index (χ4n) is 0.273. The van der Waals surface area contributed by atoms with Gasteiger partial charge in [-0.2, -0.15) is 0 Å². The highest BCUT2D eigenvalue weighted by atomic mass is 32.1. The maximum Gasteiger partial charge on any atom is 0.0794 e. The third kappa shape index (κ3) is 2.71. The summed E-state index contributed by atoms with van der Waals surface area (Å²) in [7, 11) is 1.50. The van der Waals surface area contributed by atoms with Gasteiger partial charge in [0.15, 0.2) is 0 Å². The molecule has 2 N–H and O–H groups in total. The first-order valence-corrected chi connectivity index (χ1v) is 3.26. The molecule has 0 radical (unpaired) electrons. The molecule has 0 saturated heterocycles. The summed E-state index contributed by atoms with van der Waals surface area (Å²) in [6.45, 7) is 1.98. The van der Waals surface area contributed by atoms with Gasteiger partial charge in [0.2, 0.25) is 0 Å². The molecular weight excluding hydrogens is 120 g/mol. The molecule has 0 aliphatic rings. The van der Waals surface area contributed by atoms with Gasteiger partial charge in [0.1, 0.15) is 0 Å². The van der Waals surface area contributed by atoms with E-state index in [1.807, 2.05) is 17.8 Å². The van der Waals surface area contributed by atoms with Crippen molar-refractivity contribution in [3.8, 4) is 0 Å². The highest BCUT2D eigenvalue weighted by Gasteiger charge is 1.76. The van der Waals surface area contributed by atoms with Crippen molar-refractivity contribution in [2.75, 3.05) is 7.05 Å². The van der Waals surface area contributed by atoms with Gasteiger partial charge in [0.25, 0.3) is 0 Å². The molecule has 0 atom stereocenters. The second-order valence-electron chi connectivity index (χ2n) is 1.13. The molecule has 1 heterocycles. The lowest BCUT2D eigenvalue weighted by molar-refractivity contribution is 1.27. The van der Waals surface area contributed by atoms with Gasteiger partial charge in [0.05, 0.1) is 5.51 Å². The highest BCUT2D eigenvalue weighted by Crippen LogP contribution is 1.95. The zero-order valence-corrected chi connectivity index (χ0v) is 5.90. The first-order chi connectivity index (χ1) is 3.89. The van der Waals surface area contributed by atoms with Crippen molar-refractivity contribution < 1.29 is 0 Å². The maximum atomic E-state index is 4.50. The summed E-state index contributed by atoms with van der Waals surface area (Å²) in [6.07, 6.45) is 0. The van der Waals surface area contributed by atoms with Crippen molar-refractivity contribution in [3.63, 3.8) is 0 Å². The van der Waals surface area contributed by atoms with E-state index in [9.17, 15) is 0 Å². The second-order valence-corrected chi connectivity index (χ2v) is 1.85. The molecule has 0 spiro atoms. The molecule has 0 bridgehead atoms. The lowest BCUT2D eigenvalue weighted by Gasteiger charge is -1.64. The molecule has 0 aliphatic heterocycles. The minimum Gasteiger partial charge on any atom is -0.333 e. The van der Waals surface area contributed by atoms with Crippen molar-refractivity contribution in [2.24, 2.45) is 5.73 Å². The lowest BCUT2D eigenvalue weighted by Crippen LogP contribution is -1.69. The monoisotopic (exact) mass is 130 g/mol. The molecule has 0 aromatic carbocycles. The quantitative estimate of drug-likeness (QED) is 0.569. The standard InChI is InChI=1S/C4H5NS.CH5N/c1-4-2-6-3-5-4;1-2/h2-3H,1H3;2H2,1H3. The molecule has 8 heavy (non-hydrogen) atoms.